The number of carbonyl (C=O) groups excluding carboxylic acids is 3. The number of ketones is 1. The van der Waals surface area contributed by atoms with Gasteiger partial charge in [-0.05, 0) is 44.4 Å². The maximum atomic E-state index is 14.1. The second-order valence-electron chi connectivity index (χ2n) is 9.96. The number of hydrogen-bond acceptors (Lipinski definition) is 8. The number of halogens is 1. The highest BCUT2D eigenvalue weighted by Crippen LogP contribution is 2.41. The minimum absolute atomic E-state index is 0.00471. The molecule has 4 heterocycles. The molecule has 3 aliphatic heterocycles. The van der Waals surface area contributed by atoms with Crippen molar-refractivity contribution in [1.29, 1.82) is 0 Å². The van der Waals surface area contributed by atoms with Crippen molar-refractivity contribution in [2.24, 2.45) is 0 Å². The Hall–Kier alpha value is -3.81. The largest absolute Gasteiger partial charge is 0.352 e. The Balaban J connectivity index is 1.76. The second-order valence-corrected chi connectivity index (χ2v) is 12.1. The number of sulfonamides is 1. The Labute approximate surface area is 224 Å². The summed E-state index contributed by atoms with van der Waals surface area (Å²) < 4.78 is 42.6. The monoisotopic (exact) mass is 560 g/mol. The molecule has 1 aromatic carbocycles. The summed E-state index contributed by atoms with van der Waals surface area (Å²) in [4.78, 5) is 56.6. The molecule has 1 aromatic heterocycles. The zero-order valence-corrected chi connectivity index (χ0v) is 22.6. The van der Waals surface area contributed by atoms with E-state index in [9.17, 15) is 32.0 Å². The molecule has 14 heteroatoms. The molecule has 1 unspecified atom stereocenters. The zero-order chi connectivity index (χ0) is 28.2. The van der Waals surface area contributed by atoms with Crippen molar-refractivity contribution in [1.82, 2.24) is 20.0 Å². The number of anilines is 2. The quantitative estimate of drug-likeness (QED) is 0.493. The molecule has 5 rings (SSSR count). The minimum Gasteiger partial charge on any atom is -0.352 e. The topological polar surface area (TPSA) is 142 Å². The summed E-state index contributed by atoms with van der Waals surface area (Å²) in [5, 5.41) is 7.04. The first-order chi connectivity index (χ1) is 18.5. The zero-order valence-electron chi connectivity index (χ0n) is 21.8. The molecule has 208 valence electrons. The summed E-state index contributed by atoms with van der Waals surface area (Å²) in [6, 6.07) is 1.82. The van der Waals surface area contributed by atoms with Crippen LogP contribution in [0.25, 0.3) is 0 Å². The van der Waals surface area contributed by atoms with E-state index in [0.717, 1.165) is 21.1 Å². The molecule has 2 aromatic rings. The molecule has 0 radical (unpaired) electrons. The number of rotatable bonds is 1. The van der Waals surface area contributed by atoms with E-state index in [1.807, 2.05) is 0 Å². The number of fused-ring (bicyclic) bond motifs is 7. The van der Waals surface area contributed by atoms with Crippen LogP contribution in [0.2, 0.25) is 0 Å². The SMILES string of the molecule is CCN1C[C@H](C)N2c3c4nn(c(=O)c3C(=O)C2C1=O)Cc1ccc(F)cc1C(=O)NCCCCS(=O)(=O)N4C. The van der Waals surface area contributed by atoms with Gasteiger partial charge in [0.05, 0.1) is 12.3 Å². The third kappa shape index (κ3) is 4.36. The van der Waals surface area contributed by atoms with Crippen LogP contribution in [-0.2, 0) is 21.4 Å². The van der Waals surface area contributed by atoms with Crippen molar-refractivity contribution >= 4 is 39.1 Å². The molecule has 2 amide bonds. The van der Waals surface area contributed by atoms with Gasteiger partial charge >= 0.3 is 0 Å². The lowest BCUT2D eigenvalue weighted by molar-refractivity contribution is -0.133. The molecule has 3 aliphatic rings. The lowest BCUT2D eigenvalue weighted by Gasteiger charge is -2.42. The first kappa shape index (κ1) is 26.8. The van der Waals surface area contributed by atoms with E-state index in [0.29, 0.717) is 13.0 Å². The van der Waals surface area contributed by atoms with Crippen LogP contribution in [0.15, 0.2) is 23.0 Å². The highest BCUT2D eigenvalue weighted by Gasteiger charge is 2.53. The average molecular weight is 561 g/mol. The highest BCUT2D eigenvalue weighted by molar-refractivity contribution is 7.92. The average Bonchev–Trinajstić information content (AvgIpc) is 3.21. The maximum absolute atomic E-state index is 14.1. The van der Waals surface area contributed by atoms with Crippen molar-refractivity contribution in [3.05, 3.63) is 51.1 Å². The molecule has 0 saturated carbocycles. The summed E-state index contributed by atoms with van der Waals surface area (Å²) in [5.74, 6) is -2.87. The van der Waals surface area contributed by atoms with Crippen LogP contribution in [-0.4, -0.2) is 85.2 Å². The van der Waals surface area contributed by atoms with Gasteiger partial charge in [0.15, 0.2) is 11.9 Å². The molecule has 0 aliphatic carbocycles. The van der Waals surface area contributed by atoms with Gasteiger partial charge in [0.2, 0.25) is 15.8 Å². The summed E-state index contributed by atoms with van der Waals surface area (Å²) in [6.07, 6.45) is 0.552. The van der Waals surface area contributed by atoms with Gasteiger partial charge in [-0.2, -0.15) is 0 Å². The highest BCUT2D eigenvalue weighted by atomic mass is 32.2. The van der Waals surface area contributed by atoms with Gasteiger partial charge in [0.1, 0.15) is 17.1 Å². The molecule has 1 fully saturated rings. The smallest absolute Gasteiger partial charge is 0.280 e. The van der Waals surface area contributed by atoms with Gasteiger partial charge in [-0.3, -0.25) is 23.5 Å². The van der Waals surface area contributed by atoms with Crippen molar-refractivity contribution in [3.63, 3.8) is 0 Å². The second kappa shape index (κ2) is 9.74. The van der Waals surface area contributed by atoms with E-state index in [1.54, 1.807) is 13.8 Å². The number of benzene rings is 1. The fraction of sp³-hybridized carbons (Fsp3) is 0.480. The Kier molecular flexibility index (Phi) is 6.69. The fourth-order valence-corrected chi connectivity index (χ4v) is 6.65. The standard InChI is InChI=1S/C25H29FN6O6S/c1-4-30-12-14(2)32-19-18(21(33)20(32)25(30)36)24(35)31-13-15-7-8-16(26)11-17(15)23(34)27-9-5-6-10-39(37,38)29(3)22(19)28-31/h7-8,11,14,20H,4-6,9-10,12-13H2,1-3H3,(H,27,34)/t14-,20?/m0/s1. The molecule has 1 saturated heterocycles. The molecule has 0 spiro atoms. The number of piperazine rings is 1. The number of Topliss-reactive ketones (excluding diaryl/α,β-unsaturated/α-hetero) is 1. The Morgan fingerprint density at radius 3 is 2.62 bits per heavy atom. The number of nitrogens with one attached hydrogen (secondary N) is 1. The lowest BCUT2D eigenvalue weighted by Crippen LogP contribution is -2.61. The van der Waals surface area contributed by atoms with Crippen LogP contribution in [0.4, 0.5) is 15.9 Å². The minimum atomic E-state index is -3.96. The van der Waals surface area contributed by atoms with Crippen LogP contribution in [0, 0.1) is 5.82 Å². The van der Waals surface area contributed by atoms with Gasteiger partial charge in [-0.15, -0.1) is 5.10 Å². The van der Waals surface area contributed by atoms with Crippen molar-refractivity contribution in [2.75, 3.05) is 41.6 Å². The van der Waals surface area contributed by atoms with Gasteiger partial charge in [0.25, 0.3) is 17.4 Å². The number of carbonyl (C=O) groups is 3. The van der Waals surface area contributed by atoms with E-state index in [1.165, 1.54) is 22.9 Å². The Bertz CT molecular complexity index is 1560. The van der Waals surface area contributed by atoms with Crippen molar-refractivity contribution in [2.45, 2.75) is 45.3 Å². The van der Waals surface area contributed by atoms with Crippen LogP contribution in [0.3, 0.4) is 0 Å². The predicted molar refractivity (Wildman–Crippen MR) is 140 cm³/mol. The fourth-order valence-electron chi connectivity index (χ4n) is 5.42. The van der Waals surface area contributed by atoms with Crippen LogP contribution >= 0.6 is 0 Å². The Morgan fingerprint density at radius 1 is 1.15 bits per heavy atom. The summed E-state index contributed by atoms with van der Waals surface area (Å²) in [5.41, 5.74) is -0.898. The molecular weight excluding hydrogens is 531 g/mol. The van der Waals surface area contributed by atoms with E-state index in [4.69, 9.17) is 0 Å². The summed E-state index contributed by atoms with van der Waals surface area (Å²) >= 11 is 0. The first-order valence-electron chi connectivity index (χ1n) is 12.8. The predicted octanol–water partition coefficient (Wildman–Crippen LogP) is 0.342. The third-order valence-electron chi connectivity index (χ3n) is 7.50. The molecule has 2 bridgehead atoms. The van der Waals surface area contributed by atoms with Gasteiger partial charge in [-0.1, -0.05) is 6.07 Å². The normalized spacial score (nSPS) is 23.1. The molecule has 1 N–H and O–H groups in total. The molecule has 2 atom stereocenters. The van der Waals surface area contributed by atoms with Gasteiger partial charge in [-0.25, -0.2) is 17.5 Å². The first-order valence-corrected chi connectivity index (χ1v) is 14.4. The Morgan fingerprint density at radius 2 is 1.90 bits per heavy atom. The number of hydrogen-bond donors (Lipinski definition) is 1. The van der Waals surface area contributed by atoms with Crippen molar-refractivity contribution < 1.29 is 27.2 Å². The summed E-state index contributed by atoms with van der Waals surface area (Å²) in [7, 11) is -2.66. The van der Waals surface area contributed by atoms with E-state index >= 15 is 0 Å². The lowest BCUT2D eigenvalue weighted by atomic mass is 10.0. The number of likely N-dealkylation sites (N-methyl/N-ethyl adjacent to an activating group) is 1. The van der Waals surface area contributed by atoms with Crippen molar-refractivity contribution in [3.8, 4) is 0 Å². The van der Waals surface area contributed by atoms with Crippen LogP contribution < -0.4 is 20.1 Å². The van der Waals surface area contributed by atoms with Gasteiger partial charge in [0, 0.05) is 38.3 Å². The van der Waals surface area contributed by atoms with E-state index in [2.05, 4.69) is 10.4 Å². The number of nitrogens with zero attached hydrogens (tertiary/aromatic N) is 5. The van der Waals surface area contributed by atoms with Crippen LogP contribution in [0.5, 0.6) is 0 Å². The van der Waals surface area contributed by atoms with E-state index < -0.39 is 51.1 Å². The van der Waals surface area contributed by atoms with Gasteiger partial charge < -0.3 is 15.1 Å². The molecule has 39 heavy (non-hydrogen) atoms. The number of amides is 2. The molecular formula is C25H29FN6O6S. The third-order valence-corrected chi connectivity index (χ3v) is 9.31. The summed E-state index contributed by atoms with van der Waals surface area (Å²) in [6.45, 7) is 4.07. The van der Waals surface area contributed by atoms with Crippen LogP contribution in [0.1, 0.15) is 53.0 Å². The van der Waals surface area contributed by atoms with E-state index in [-0.39, 0.29) is 60.0 Å². The number of aromatic nitrogens is 2. The molecule has 12 nitrogen and oxygen atoms in total. The maximum Gasteiger partial charge on any atom is 0.280 e.